The van der Waals surface area contributed by atoms with E-state index in [0.717, 1.165) is 5.56 Å². The molecular formula is C20H21F3N2O3. The molecule has 1 aromatic heterocycles. The largest absolute Gasteiger partial charge is 0.484 e. The standard InChI is InChI=1S/C20H21F3N2O3/c1-3-17(26)11-16-9-14(7-8-24-16)13(2)25-19(27)15-5-4-6-18(10-15)28-12-20(21,22)23/h4-10,13H,3,11-12H2,1-2H3,(H,25,27). The molecule has 0 saturated carbocycles. The Hall–Kier alpha value is -2.90. The molecule has 0 aliphatic heterocycles. The molecule has 0 aliphatic rings. The van der Waals surface area contributed by atoms with E-state index in [2.05, 4.69) is 15.0 Å². The lowest BCUT2D eigenvalue weighted by molar-refractivity contribution is -0.153. The van der Waals surface area contributed by atoms with Gasteiger partial charge in [0.05, 0.1) is 6.04 Å². The molecule has 1 heterocycles. The van der Waals surface area contributed by atoms with E-state index >= 15 is 0 Å². The predicted octanol–water partition coefficient (Wildman–Crippen LogP) is 4.04. The fourth-order valence-corrected chi connectivity index (χ4v) is 2.45. The van der Waals surface area contributed by atoms with E-state index in [1.165, 1.54) is 24.3 Å². The van der Waals surface area contributed by atoms with Crippen molar-refractivity contribution in [3.63, 3.8) is 0 Å². The number of hydrogen-bond donors (Lipinski definition) is 1. The summed E-state index contributed by atoms with van der Waals surface area (Å²) in [7, 11) is 0. The number of amides is 1. The van der Waals surface area contributed by atoms with Crippen LogP contribution in [0, 0.1) is 0 Å². The van der Waals surface area contributed by atoms with E-state index in [-0.39, 0.29) is 29.6 Å². The first-order valence-corrected chi connectivity index (χ1v) is 8.75. The van der Waals surface area contributed by atoms with Crippen LogP contribution in [0.1, 0.15) is 47.9 Å². The van der Waals surface area contributed by atoms with Crippen molar-refractivity contribution in [3.8, 4) is 5.75 Å². The molecule has 0 saturated heterocycles. The van der Waals surface area contributed by atoms with Crippen molar-refractivity contribution in [1.29, 1.82) is 0 Å². The molecule has 1 amide bonds. The minimum Gasteiger partial charge on any atom is -0.484 e. The number of carbonyl (C=O) groups excluding carboxylic acids is 2. The molecular weight excluding hydrogens is 373 g/mol. The number of carbonyl (C=O) groups is 2. The lowest BCUT2D eigenvalue weighted by atomic mass is 10.1. The quantitative estimate of drug-likeness (QED) is 0.734. The maximum Gasteiger partial charge on any atom is 0.422 e. The summed E-state index contributed by atoms with van der Waals surface area (Å²) in [6, 6.07) is 8.64. The van der Waals surface area contributed by atoms with Gasteiger partial charge in [-0.1, -0.05) is 13.0 Å². The summed E-state index contributed by atoms with van der Waals surface area (Å²) in [6.45, 7) is 2.12. The Kier molecular flexibility index (Phi) is 7.14. The molecule has 1 atom stereocenters. The van der Waals surface area contributed by atoms with E-state index in [1.807, 2.05) is 0 Å². The van der Waals surface area contributed by atoms with Crippen LogP contribution < -0.4 is 10.1 Å². The summed E-state index contributed by atoms with van der Waals surface area (Å²) < 4.78 is 41.5. The lowest BCUT2D eigenvalue weighted by Gasteiger charge is -2.16. The highest BCUT2D eigenvalue weighted by Gasteiger charge is 2.28. The number of nitrogens with zero attached hydrogens (tertiary/aromatic N) is 1. The van der Waals surface area contributed by atoms with Crippen LogP contribution in [0.25, 0.3) is 0 Å². The van der Waals surface area contributed by atoms with Gasteiger partial charge in [0.25, 0.3) is 5.91 Å². The SMILES string of the molecule is CCC(=O)Cc1cc(C(C)NC(=O)c2cccc(OCC(F)(F)F)c2)ccn1. The molecule has 2 aromatic rings. The fraction of sp³-hybridized carbons (Fsp3) is 0.350. The third-order valence-electron chi connectivity index (χ3n) is 3.96. The van der Waals surface area contributed by atoms with Crippen molar-refractivity contribution in [3.05, 3.63) is 59.4 Å². The molecule has 5 nitrogen and oxygen atoms in total. The normalized spacial score (nSPS) is 12.3. The highest BCUT2D eigenvalue weighted by molar-refractivity contribution is 5.94. The first-order chi connectivity index (χ1) is 13.2. The van der Waals surface area contributed by atoms with E-state index in [9.17, 15) is 22.8 Å². The average Bonchev–Trinajstić information content (AvgIpc) is 2.66. The van der Waals surface area contributed by atoms with Crippen molar-refractivity contribution in [2.24, 2.45) is 0 Å². The van der Waals surface area contributed by atoms with Crippen LogP contribution in [-0.4, -0.2) is 29.5 Å². The van der Waals surface area contributed by atoms with Gasteiger partial charge in [-0.3, -0.25) is 14.6 Å². The van der Waals surface area contributed by atoms with Crippen LogP contribution in [0.2, 0.25) is 0 Å². The summed E-state index contributed by atoms with van der Waals surface area (Å²) in [5, 5.41) is 2.78. The summed E-state index contributed by atoms with van der Waals surface area (Å²) >= 11 is 0. The van der Waals surface area contributed by atoms with E-state index in [4.69, 9.17) is 0 Å². The van der Waals surface area contributed by atoms with E-state index in [0.29, 0.717) is 12.1 Å². The van der Waals surface area contributed by atoms with Gasteiger partial charge in [0.15, 0.2) is 6.61 Å². The molecule has 1 N–H and O–H groups in total. The van der Waals surface area contributed by atoms with Gasteiger partial charge in [0.2, 0.25) is 0 Å². The second-order valence-corrected chi connectivity index (χ2v) is 6.28. The van der Waals surface area contributed by atoms with E-state index < -0.39 is 18.7 Å². The van der Waals surface area contributed by atoms with Crippen LogP contribution in [0.4, 0.5) is 13.2 Å². The predicted molar refractivity (Wildman–Crippen MR) is 97.1 cm³/mol. The molecule has 1 aromatic carbocycles. The number of halogens is 3. The molecule has 28 heavy (non-hydrogen) atoms. The molecule has 0 spiro atoms. The van der Waals surface area contributed by atoms with Gasteiger partial charge in [0.1, 0.15) is 11.5 Å². The van der Waals surface area contributed by atoms with Crippen molar-refractivity contribution >= 4 is 11.7 Å². The highest BCUT2D eigenvalue weighted by Crippen LogP contribution is 2.20. The van der Waals surface area contributed by atoms with Gasteiger partial charge in [0, 0.05) is 30.3 Å². The summed E-state index contributed by atoms with van der Waals surface area (Å²) in [4.78, 5) is 28.2. The Morgan fingerprint density at radius 2 is 1.96 bits per heavy atom. The fourth-order valence-electron chi connectivity index (χ4n) is 2.45. The van der Waals surface area contributed by atoms with Gasteiger partial charge in [-0.15, -0.1) is 0 Å². The molecule has 2 rings (SSSR count). The molecule has 1 unspecified atom stereocenters. The Morgan fingerprint density at radius 1 is 1.21 bits per heavy atom. The molecule has 0 radical (unpaired) electrons. The second-order valence-electron chi connectivity index (χ2n) is 6.28. The number of Topliss-reactive ketones (excluding diaryl/α,β-unsaturated/α-hetero) is 1. The number of pyridine rings is 1. The third-order valence-corrected chi connectivity index (χ3v) is 3.96. The van der Waals surface area contributed by atoms with Crippen LogP contribution in [-0.2, 0) is 11.2 Å². The first-order valence-electron chi connectivity index (χ1n) is 8.75. The topological polar surface area (TPSA) is 68.3 Å². The van der Waals surface area contributed by atoms with Gasteiger partial charge in [-0.2, -0.15) is 13.2 Å². The molecule has 0 bridgehead atoms. The minimum absolute atomic E-state index is 0.0399. The van der Waals surface area contributed by atoms with Crippen molar-refractivity contribution < 1.29 is 27.5 Å². The second kappa shape index (κ2) is 9.34. The van der Waals surface area contributed by atoms with Crippen LogP contribution in [0.5, 0.6) is 5.75 Å². The minimum atomic E-state index is -4.45. The third kappa shape index (κ3) is 6.68. The lowest BCUT2D eigenvalue weighted by Crippen LogP contribution is -2.27. The van der Waals surface area contributed by atoms with Crippen molar-refractivity contribution in [2.45, 2.75) is 38.9 Å². The zero-order valence-electron chi connectivity index (χ0n) is 15.5. The maximum absolute atomic E-state index is 12.4. The van der Waals surface area contributed by atoms with Gasteiger partial charge in [-0.05, 0) is 42.8 Å². The number of alkyl halides is 3. The number of nitrogens with one attached hydrogen (secondary N) is 1. The average molecular weight is 394 g/mol. The Morgan fingerprint density at radius 3 is 2.64 bits per heavy atom. The zero-order valence-corrected chi connectivity index (χ0v) is 15.5. The summed E-state index contributed by atoms with van der Waals surface area (Å²) in [5.74, 6) is -0.424. The smallest absolute Gasteiger partial charge is 0.422 e. The monoisotopic (exact) mass is 394 g/mol. The Bertz CT molecular complexity index is 837. The number of ketones is 1. The van der Waals surface area contributed by atoms with Crippen LogP contribution >= 0.6 is 0 Å². The van der Waals surface area contributed by atoms with Gasteiger partial charge >= 0.3 is 6.18 Å². The zero-order chi connectivity index (χ0) is 20.7. The number of hydrogen-bond acceptors (Lipinski definition) is 4. The molecule has 150 valence electrons. The Labute approximate surface area is 160 Å². The number of rotatable bonds is 8. The maximum atomic E-state index is 12.4. The Balaban J connectivity index is 2.04. The highest BCUT2D eigenvalue weighted by atomic mass is 19.4. The van der Waals surface area contributed by atoms with Crippen LogP contribution in [0.3, 0.4) is 0 Å². The number of aromatic nitrogens is 1. The van der Waals surface area contributed by atoms with Crippen molar-refractivity contribution in [2.75, 3.05) is 6.61 Å². The van der Waals surface area contributed by atoms with Gasteiger partial charge < -0.3 is 10.1 Å². The summed E-state index contributed by atoms with van der Waals surface area (Å²) in [6.07, 6.45) is -2.23. The first kappa shape index (κ1) is 21.4. The van der Waals surface area contributed by atoms with E-state index in [1.54, 1.807) is 32.2 Å². The molecule has 0 fully saturated rings. The number of benzene rings is 1. The van der Waals surface area contributed by atoms with Crippen molar-refractivity contribution in [1.82, 2.24) is 10.3 Å². The number of ether oxygens (including phenoxy) is 1. The molecule has 8 heteroatoms. The summed E-state index contributed by atoms with van der Waals surface area (Å²) in [5.41, 5.74) is 1.57. The molecule has 0 aliphatic carbocycles. The van der Waals surface area contributed by atoms with Crippen LogP contribution in [0.15, 0.2) is 42.6 Å². The van der Waals surface area contributed by atoms with Gasteiger partial charge in [-0.25, -0.2) is 0 Å².